The van der Waals surface area contributed by atoms with Crippen molar-refractivity contribution in [1.82, 2.24) is 30.5 Å². The van der Waals surface area contributed by atoms with Crippen LogP contribution in [-0.2, 0) is 25.7 Å². The number of rotatable bonds is 18. The lowest BCUT2D eigenvalue weighted by Crippen LogP contribution is -2.59. The molecule has 3 aromatic heterocycles. The molecule has 1 aliphatic heterocycles. The highest BCUT2D eigenvalue weighted by atomic mass is 32.1. The number of pyridine rings is 1. The van der Waals surface area contributed by atoms with Crippen molar-refractivity contribution in [2.24, 2.45) is 5.41 Å². The van der Waals surface area contributed by atoms with Crippen molar-refractivity contribution in [2.75, 3.05) is 30.3 Å². The maximum atomic E-state index is 14.7. The van der Waals surface area contributed by atoms with Crippen LogP contribution in [0.5, 0.6) is 5.75 Å². The summed E-state index contributed by atoms with van der Waals surface area (Å²) in [5, 5.41) is 23.4. The van der Waals surface area contributed by atoms with E-state index in [1.54, 1.807) is 37.6 Å². The lowest BCUT2D eigenvalue weighted by molar-refractivity contribution is -0.145. The van der Waals surface area contributed by atoms with Gasteiger partial charge in [0.25, 0.3) is 5.91 Å². The molecule has 0 bridgehead atoms. The summed E-state index contributed by atoms with van der Waals surface area (Å²) in [6, 6.07) is 11.8. The average molecular weight is 983 g/mol. The first-order valence-electron chi connectivity index (χ1n) is 24.1. The molecule has 1 saturated heterocycles. The molecule has 0 spiro atoms. The first-order chi connectivity index (χ1) is 33.0. The summed E-state index contributed by atoms with van der Waals surface area (Å²) < 4.78 is 27.8. The summed E-state index contributed by atoms with van der Waals surface area (Å²) in [5.41, 5.74) is 5.74. The smallest absolute Gasteiger partial charge is 0.411 e. The van der Waals surface area contributed by atoms with Gasteiger partial charge in [0.15, 0.2) is 10.8 Å². The number of aliphatic hydroxyl groups is 1. The van der Waals surface area contributed by atoms with E-state index in [9.17, 15) is 28.7 Å². The Kier molecular flexibility index (Phi) is 15.5. The number of unbranched alkanes of at least 4 members (excludes halogenated alkanes) is 2. The Morgan fingerprint density at radius 3 is 2.48 bits per heavy atom. The number of nitrogens with one attached hydrogen (secondary N) is 4. The summed E-state index contributed by atoms with van der Waals surface area (Å²) in [6.07, 6.45) is 8.38. The van der Waals surface area contributed by atoms with Crippen molar-refractivity contribution in [3.8, 4) is 27.3 Å². The van der Waals surface area contributed by atoms with Crippen molar-refractivity contribution in [1.29, 1.82) is 0 Å². The normalized spacial score (nSPS) is 18.4. The van der Waals surface area contributed by atoms with Crippen molar-refractivity contribution in [3.63, 3.8) is 0 Å². The molecule has 3 aliphatic rings. The summed E-state index contributed by atoms with van der Waals surface area (Å²) in [4.78, 5) is 69.3. The Morgan fingerprint density at radius 1 is 0.957 bits per heavy atom. The van der Waals surface area contributed by atoms with Gasteiger partial charge in [0.2, 0.25) is 11.8 Å². The summed E-state index contributed by atoms with van der Waals surface area (Å²) in [7, 11) is 0. The SMILES string of the molecule is Cc1ncc(-c2ccc3nc(NCCCCCOc4cc(-c5scnc5C)ccc4CNC(=O)[C@@H]4C[C@@H](O)CN4C(=O)[C@@H](NC(=O)C4(F)CC4)C(C)(C)C)sc3c2)cc1NC(=O)OC1CCCCC1. The van der Waals surface area contributed by atoms with Gasteiger partial charge >= 0.3 is 6.09 Å². The number of aromatic nitrogens is 3. The molecular weight excluding hydrogens is 920 g/mol. The number of nitrogens with zero attached hydrogens (tertiary/aromatic N) is 4. The van der Waals surface area contributed by atoms with E-state index in [1.807, 2.05) is 56.4 Å². The maximum absolute atomic E-state index is 14.7. The third-order valence-corrected chi connectivity index (χ3v) is 15.1. The fourth-order valence-electron chi connectivity index (χ4n) is 8.83. The Bertz CT molecular complexity index is 2660. The third kappa shape index (κ3) is 12.4. The van der Waals surface area contributed by atoms with E-state index in [0.29, 0.717) is 23.7 Å². The number of alkyl halides is 1. The van der Waals surface area contributed by atoms with Gasteiger partial charge in [0, 0.05) is 43.4 Å². The predicted octanol–water partition coefficient (Wildman–Crippen LogP) is 9.25. The number of hydrogen-bond acceptors (Lipinski definition) is 13. The lowest BCUT2D eigenvalue weighted by atomic mass is 9.85. The van der Waals surface area contributed by atoms with Crippen molar-refractivity contribution >= 4 is 67.5 Å². The second-order valence-electron chi connectivity index (χ2n) is 19.6. The molecule has 5 N–H and O–H groups in total. The number of benzene rings is 2. The maximum Gasteiger partial charge on any atom is 0.411 e. The molecule has 0 unspecified atom stereocenters. The van der Waals surface area contributed by atoms with Gasteiger partial charge in [-0.2, -0.15) is 0 Å². The first kappa shape index (κ1) is 49.7. The molecule has 4 amide bonds. The van der Waals surface area contributed by atoms with Gasteiger partial charge in [-0.1, -0.05) is 56.7 Å². The molecule has 8 rings (SSSR count). The zero-order valence-electron chi connectivity index (χ0n) is 40.0. The number of β-amino-alcohol motifs (C(OH)–C–C–N with tert-alkyl or cyclic N) is 1. The minimum Gasteiger partial charge on any atom is -0.493 e. The van der Waals surface area contributed by atoms with Gasteiger partial charge in [0.1, 0.15) is 23.9 Å². The van der Waals surface area contributed by atoms with Crippen molar-refractivity contribution < 1.29 is 38.1 Å². The zero-order chi connectivity index (χ0) is 48.9. The number of carbonyl (C=O) groups is 4. The van der Waals surface area contributed by atoms with Gasteiger partial charge in [-0.05, 0) is 112 Å². The summed E-state index contributed by atoms with van der Waals surface area (Å²) in [5.74, 6) is -1.19. The predicted molar refractivity (Wildman–Crippen MR) is 267 cm³/mol. The van der Waals surface area contributed by atoms with E-state index in [4.69, 9.17) is 14.5 Å². The number of fused-ring (bicyclic) bond motifs is 1. The number of anilines is 2. The molecule has 4 heterocycles. The number of aryl methyl sites for hydroxylation is 2. The second kappa shape index (κ2) is 21.5. The van der Waals surface area contributed by atoms with Crippen molar-refractivity contribution in [2.45, 2.75) is 142 Å². The van der Waals surface area contributed by atoms with E-state index in [0.717, 1.165) is 99.7 Å². The van der Waals surface area contributed by atoms with E-state index in [1.165, 1.54) is 22.7 Å². The van der Waals surface area contributed by atoms with Crippen LogP contribution in [0.25, 0.3) is 31.8 Å². The highest BCUT2D eigenvalue weighted by molar-refractivity contribution is 7.22. The van der Waals surface area contributed by atoms with E-state index in [-0.39, 0.29) is 38.5 Å². The quantitative estimate of drug-likeness (QED) is 0.0525. The monoisotopic (exact) mass is 982 g/mol. The van der Waals surface area contributed by atoms with Crippen LogP contribution in [0, 0.1) is 19.3 Å². The molecule has 18 heteroatoms. The van der Waals surface area contributed by atoms with E-state index >= 15 is 0 Å². The van der Waals surface area contributed by atoms with Gasteiger partial charge in [0.05, 0.1) is 50.4 Å². The molecule has 0 radical (unpaired) electrons. The fraction of sp³-hybridized carbons (Fsp3) is 0.510. The average Bonchev–Trinajstić information content (AvgIpc) is 3.58. The zero-order valence-corrected chi connectivity index (χ0v) is 41.6. The third-order valence-electron chi connectivity index (χ3n) is 13.1. The Labute approximate surface area is 410 Å². The molecule has 3 fully saturated rings. The van der Waals surface area contributed by atoms with Crippen molar-refractivity contribution in [3.05, 3.63) is 71.1 Å². The largest absolute Gasteiger partial charge is 0.493 e. The molecule has 69 heavy (non-hydrogen) atoms. The van der Waals surface area contributed by atoms with Crippen LogP contribution in [0.2, 0.25) is 0 Å². The topological polar surface area (TPSA) is 197 Å². The standard InChI is InChI=1S/C51H63FN8O7S2/c1-30-39(58-49(65)67-37-12-8-6-9-13-37)22-35(27-54-30)32-16-17-38-42(24-32)69-48(57-38)53-20-10-7-11-21-66-41-23-33(43-31(2)56-29-68-43)14-15-34(41)26-55-45(62)40-25-36(61)28-60(40)46(63)44(50(3,4)5)59-47(64)51(52)18-19-51/h14-17,22-24,27,29,36-37,40,44,61H,6-13,18-21,25-26,28H2,1-5H3,(H,53,57)(H,55,62)(H,58,65)(H,59,64)/t36-,40+,44-/m1/s1. The van der Waals surface area contributed by atoms with E-state index < -0.39 is 53.1 Å². The molecule has 3 atom stereocenters. The van der Waals surface area contributed by atoms with Crippen LogP contribution in [0.4, 0.5) is 20.0 Å². The highest BCUT2D eigenvalue weighted by Gasteiger charge is 2.53. The minimum atomic E-state index is -1.97. The lowest BCUT2D eigenvalue weighted by Gasteiger charge is -2.35. The number of amides is 4. The van der Waals surface area contributed by atoms with Crippen LogP contribution >= 0.6 is 22.7 Å². The number of hydrogen-bond donors (Lipinski definition) is 5. The first-order valence-corrected chi connectivity index (χ1v) is 25.8. The fourth-order valence-corrected chi connectivity index (χ4v) is 10.6. The Hall–Kier alpha value is -5.72. The van der Waals surface area contributed by atoms with Gasteiger partial charge in [-0.15, -0.1) is 11.3 Å². The van der Waals surface area contributed by atoms with Crippen LogP contribution in [-0.4, -0.2) is 98.4 Å². The van der Waals surface area contributed by atoms with Crippen LogP contribution < -0.4 is 26.0 Å². The van der Waals surface area contributed by atoms with Crippen LogP contribution in [0.15, 0.2) is 54.2 Å². The number of halogens is 1. The van der Waals surface area contributed by atoms with Gasteiger partial charge < -0.3 is 35.4 Å². The second-order valence-corrected chi connectivity index (χ2v) is 21.5. The highest BCUT2D eigenvalue weighted by Crippen LogP contribution is 2.41. The number of carbonyl (C=O) groups excluding carboxylic acids is 4. The van der Waals surface area contributed by atoms with Gasteiger partial charge in [-0.25, -0.2) is 19.2 Å². The Balaban J connectivity index is 0.837. The molecule has 5 aromatic rings. The number of thiazole rings is 2. The summed E-state index contributed by atoms with van der Waals surface area (Å²) >= 11 is 3.12. The minimum absolute atomic E-state index is 0.0315. The molecule has 2 aromatic carbocycles. The number of aliphatic hydroxyl groups excluding tert-OH is 1. The molecule has 368 valence electrons. The molecule has 15 nitrogen and oxygen atoms in total. The molecular formula is C51H63FN8O7S2. The van der Waals surface area contributed by atoms with Crippen LogP contribution in [0.1, 0.15) is 108 Å². The molecule has 2 aliphatic carbocycles. The summed E-state index contributed by atoms with van der Waals surface area (Å²) in [6.45, 7) is 10.3. The van der Waals surface area contributed by atoms with Gasteiger partial charge in [-0.3, -0.25) is 24.7 Å². The molecule has 2 saturated carbocycles. The number of ether oxygens (including phenoxy) is 2. The number of likely N-dealkylation sites (tertiary alicyclic amines) is 1. The Morgan fingerprint density at radius 2 is 1.74 bits per heavy atom. The van der Waals surface area contributed by atoms with E-state index in [2.05, 4.69) is 37.3 Å². The van der Waals surface area contributed by atoms with Crippen LogP contribution in [0.3, 0.4) is 0 Å².